The highest BCUT2D eigenvalue weighted by atomic mass is 35.5. The molecule has 0 spiro atoms. The highest BCUT2D eigenvalue weighted by molar-refractivity contribution is 6.35. The fraction of sp³-hybridized carbons (Fsp3) is 0.167. The minimum atomic E-state index is -0.625. The van der Waals surface area contributed by atoms with E-state index >= 15 is 0 Å². The molecule has 0 heterocycles. The predicted molar refractivity (Wildman–Crippen MR) is 94.6 cm³/mol. The van der Waals surface area contributed by atoms with Crippen molar-refractivity contribution in [3.8, 4) is 6.07 Å². The van der Waals surface area contributed by atoms with Crippen LogP contribution < -0.4 is 5.32 Å². The van der Waals surface area contributed by atoms with Crippen LogP contribution in [0.5, 0.6) is 0 Å². The molecule has 0 saturated carbocycles. The second kappa shape index (κ2) is 9.07. The van der Waals surface area contributed by atoms with Gasteiger partial charge in [-0.15, -0.1) is 0 Å². The number of carbonyl (C=O) groups is 2. The van der Waals surface area contributed by atoms with Gasteiger partial charge in [0.05, 0.1) is 17.2 Å². The van der Waals surface area contributed by atoms with Crippen LogP contribution in [0.25, 0.3) is 0 Å². The number of nitrogens with one attached hydrogen (secondary N) is 1. The molecule has 0 bridgehead atoms. The Balaban J connectivity index is 1.74. The van der Waals surface area contributed by atoms with Gasteiger partial charge in [0.2, 0.25) is 0 Å². The number of hydrogen-bond donors (Lipinski definition) is 1. The molecule has 7 heteroatoms. The maximum absolute atomic E-state index is 11.8. The normalized spacial score (nSPS) is 9.96. The zero-order chi connectivity index (χ0) is 18.2. The Morgan fingerprint density at radius 1 is 1.12 bits per heavy atom. The lowest BCUT2D eigenvalue weighted by Gasteiger charge is -2.08. The topological polar surface area (TPSA) is 79.2 Å². The summed E-state index contributed by atoms with van der Waals surface area (Å²) in [6.45, 7) is -0.0260. The molecule has 1 amide bonds. The zero-order valence-corrected chi connectivity index (χ0v) is 14.6. The summed E-state index contributed by atoms with van der Waals surface area (Å²) in [4.78, 5) is 23.5. The van der Waals surface area contributed by atoms with E-state index in [4.69, 9.17) is 33.2 Å². The predicted octanol–water partition coefficient (Wildman–Crippen LogP) is 3.38. The number of nitrogens with zero attached hydrogens (tertiary/aromatic N) is 1. The standard InChI is InChI=1S/C18H14Cl2N2O3/c19-15-6-5-13(16(20)9-15)7-8-22-17(23)11-25-18(24)14-3-1-12(10-21)2-4-14/h1-6,9H,7-8,11H2,(H,22,23). The van der Waals surface area contributed by atoms with E-state index in [-0.39, 0.29) is 12.2 Å². The van der Waals surface area contributed by atoms with E-state index < -0.39 is 11.9 Å². The van der Waals surface area contributed by atoms with E-state index in [2.05, 4.69) is 5.32 Å². The lowest BCUT2D eigenvalue weighted by molar-refractivity contribution is -0.124. The monoisotopic (exact) mass is 376 g/mol. The van der Waals surface area contributed by atoms with Gasteiger partial charge < -0.3 is 10.1 Å². The molecule has 2 aromatic rings. The molecule has 0 unspecified atom stereocenters. The molecule has 0 aliphatic rings. The summed E-state index contributed by atoms with van der Waals surface area (Å²) in [5.41, 5.74) is 1.58. The van der Waals surface area contributed by atoms with E-state index in [9.17, 15) is 9.59 Å². The van der Waals surface area contributed by atoms with Crippen molar-refractivity contribution < 1.29 is 14.3 Å². The van der Waals surface area contributed by atoms with Gasteiger partial charge in [0.25, 0.3) is 5.91 Å². The summed E-state index contributed by atoms with van der Waals surface area (Å²) in [6, 6.07) is 13.1. The number of rotatable bonds is 6. The Labute approximate surface area is 155 Å². The molecule has 2 aromatic carbocycles. The van der Waals surface area contributed by atoms with Gasteiger partial charge in [0.1, 0.15) is 0 Å². The molecule has 25 heavy (non-hydrogen) atoms. The lowest BCUT2D eigenvalue weighted by atomic mass is 10.1. The fourth-order valence-corrected chi connectivity index (χ4v) is 2.51. The van der Waals surface area contributed by atoms with E-state index in [1.54, 1.807) is 18.2 Å². The summed E-state index contributed by atoms with van der Waals surface area (Å²) in [7, 11) is 0. The quantitative estimate of drug-likeness (QED) is 0.783. The Kier molecular flexibility index (Phi) is 6.81. The molecule has 0 aromatic heterocycles. The zero-order valence-electron chi connectivity index (χ0n) is 13.1. The number of nitriles is 1. The summed E-state index contributed by atoms with van der Waals surface area (Å²) < 4.78 is 4.93. The maximum Gasteiger partial charge on any atom is 0.338 e. The van der Waals surface area contributed by atoms with Crippen LogP contribution in [0.1, 0.15) is 21.5 Å². The summed E-state index contributed by atoms with van der Waals surface area (Å²) in [5.74, 6) is -1.03. The van der Waals surface area contributed by atoms with Crippen LogP contribution >= 0.6 is 23.2 Å². The van der Waals surface area contributed by atoms with Crippen LogP contribution in [0.2, 0.25) is 10.0 Å². The largest absolute Gasteiger partial charge is 0.452 e. The molecule has 2 rings (SSSR count). The average Bonchev–Trinajstić information content (AvgIpc) is 2.61. The van der Waals surface area contributed by atoms with Crippen molar-refractivity contribution in [1.82, 2.24) is 5.32 Å². The van der Waals surface area contributed by atoms with Crippen LogP contribution in [-0.2, 0) is 16.0 Å². The smallest absolute Gasteiger partial charge is 0.338 e. The molecule has 0 saturated heterocycles. The number of carbonyl (C=O) groups excluding carboxylic acids is 2. The van der Waals surface area contributed by atoms with Gasteiger partial charge in [-0.1, -0.05) is 29.3 Å². The summed E-state index contributed by atoms with van der Waals surface area (Å²) >= 11 is 11.9. The molecule has 0 atom stereocenters. The molecule has 0 fully saturated rings. The van der Waals surface area contributed by atoms with E-state index in [1.807, 2.05) is 6.07 Å². The average molecular weight is 377 g/mol. The Morgan fingerprint density at radius 3 is 2.48 bits per heavy atom. The number of benzene rings is 2. The van der Waals surface area contributed by atoms with Gasteiger partial charge in [-0.3, -0.25) is 4.79 Å². The SMILES string of the molecule is N#Cc1ccc(C(=O)OCC(=O)NCCc2ccc(Cl)cc2Cl)cc1. The molecule has 5 nitrogen and oxygen atoms in total. The third-order valence-corrected chi connectivity index (χ3v) is 3.90. The Hall–Kier alpha value is -2.55. The van der Waals surface area contributed by atoms with Crippen molar-refractivity contribution in [3.05, 3.63) is 69.2 Å². The molecule has 1 N–H and O–H groups in total. The second-order valence-corrected chi connectivity index (χ2v) is 5.94. The van der Waals surface area contributed by atoms with E-state index in [1.165, 1.54) is 24.3 Å². The van der Waals surface area contributed by atoms with Crippen LogP contribution in [0.3, 0.4) is 0 Å². The van der Waals surface area contributed by atoms with Gasteiger partial charge >= 0.3 is 5.97 Å². The van der Waals surface area contributed by atoms with Gasteiger partial charge in [-0.05, 0) is 48.4 Å². The maximum atomic E-state index is 11.8. The number of ether oxygens (including phenoxy) is 1. The Bertz CT molecular complexity index is 814. The van der Waals surface area contributed by atoms with Crippen molar-refractivity contribution in [3.63, 3.8) is 0 Å². The summed E-state index contributed by atoms with van der Waals surface area (Å²) in [5, 5.41) is 12.4. The van der Waals surface area contributed by atoms with Crippen LogP contribution in [0.15, 0.2) is 42.5 Å². The van der Waals surface area contributed by atoms with Crippen LogP contribution in [0, 0.1) is 11.3 Å². The first-order valence-corrected chi connectivity index (χ1v) is 8.13. The highest BCUT2D eigenvalue weighted by Gasteiger charge is 2.10. The first kappa shape index (κ1) is 18.8. The van der Waals surface area contributed by atoms with Crippen molar-refractivity contribution in [2.24, 2.45) is 0 Å². The first-order valence-electron chi connectivity index (χ1n) is 7.37. The van der Waals surface area contributed by atoms with Crippen LogP contribution in [0.4, 0.5) is 0 Å². The number of halogens is 2. The molecule has 128 valence electrons. The van der Waals surface area contributed by atoms with Gasteiger partial charge in [0, 0.05) is 16.6 Å². The number of esters is 1. The van der Waals surface area contributed by atoms with E-state index in [0.29, 0.717) is 28.6 Å². The van der Waals surface area contributed by atoms with Crippen molar-refractivity contribution in [2.45, 2.75) is 6.42 Å². The fourth-order valence-electron chi connectivity index (χ4n) is 2.01. The second-order valence-electron chi connectivity index (χ2n) is 5.10. The van der Waals surface area contributed by atoms with Gasteiger partial charge in [0.15, 0.2) is 6.61 Å². The molecular formula is C18H14Cl2N2O3. The molecule has 0 radical (unpaired) electrons. The lowest BCUT2D eigenvalue weighted by Crippen LogP contribution is -2.30. The minimum Gasteiger partial charge on any atom is -0.452 e. The highest BCUT2D eigenvalue weighted by Crippen LogP contribution is 2.21. The van der Waals surface area contributed by atoms with Crippen LogP contribution in [-0.4, -0.2) is 25.0 Å². The van der Waals surface area contributed by atoms with Gasteiger partial charge in [-0.25, -0.2) is 4.79 Å². The molecular weight excluding hydrogens is 363 g/mol. The van der Waals surface area contributed by atoms with Gasteiger partial charge in [-0.2, -0.15) is 5.26 Å². The minimum absolute atomic E-state index is 0.278. The third-order valence-electron chi connectivity index (χ3n) is 3.32. The number of amides is 1. The summed E-state index contributed by atoms with van der Waals surface area (Å²) in [6.07, 6.45) is 0.533. The number of hydrogen-bond acceptors (Lipinski definition) is 4. The van der Waals surface area contributed by atoms with Crippen molar-refractivity contribution in [1.29, 1.82) is 5.26 Å². The third kappa shape index (κ3) is 5.79. The van der Waals surface area contributed by atoms with Crippen molar-refractivity contribution in [2.75, 3.05) is 13.2 Å². The molecule has 0 aliphatic heterocycles. The first-order chi connectivity index (χ1) is 12.0. The van der Waals surface area contributed by atoms with E-state index in [0.717, 1.165) is 5.56 Å². The van der Waals surface area contributed by atoms with Crippen molar-refractivity contribution >= 4 is 35.1 Å². The molecule has 0 aliphatic carbocycles. The Morgan fingerprint density at radius 2 is 1.84 bits per heavy atom.